The standard InChI is InChI=1S/C14H21NO3/c1-11(2)18-13-8-5-4-7-12(13)14(16)15-9-6-10-17-3/h4-5,7-8,11H,6,9-10H2,1-3H3,(H,15,16). The first kappa shape index (κ1) is 14.5. The van der Waals surface area contributed by atoms with E-state index in [1.54, 1.807) is 13.2 Å². The molecule has 1 aromatic rings. The van der Waals surface area contributed by atoms with Gasteiger partial charge in [0, 0.05) is 20.3 Å². The van der Waals surface area contributed by atoms with Crippen LogP contribution in [0.25, 0.3) is 0 Å². The van der Waals surface area contributed by atoms with Crippen LogP contribution in [0.4, 0.5) is 0 Å². The van der Waals surface area contributed by atoms with Crippen molar-refractivity contribution in [3.63, 3.8) is 0 Å². The lowest BCUT2D eigenvalue weighted by Crippen LogP contribution is -2.26. The predicted octanol–water partition coefficient (Wildman–Crippen LogP) is 2.24. The number of carbonyl (C=O) groups excluding carboxylic acids is 1. The Labute approximate surface area is 108 Å². The summed E-state index contributed by atoms with van der Waals surface area (Å²) in [6, 6.07) is 7.27. The van der Waals surface area contributed by atoms with E-state index in [-0.39, 0.29) is 12.0 Å². The number of amides is 1. The van der Waals surface area contributed by atoms with Crippen molar-refractivity contribution in [1.82, 2.24) is 5.32 Å². The number of hydrogen-bond acceptors (Lipinski definition) is 3. The van der Waals surface area contributed by atoms with Gasteiger partial charge < -0.3 is 14.8 Å². The highest BCUT2D eigenvalue weighted by atomic mass is 16.5. The van der Waals surface area contributed by atoms with Crippen molar-refractivity contribution in [2.24, 2.45) is 0 Å². The van der Waals surface area contributed by atoms with Gasteiger partial charge in [-0.25, -0.2) is 0 Å². The summed E-state index contributed by atoms with van der Waals surface area (Å²) in [7, 11) is 1.65. The van der Waals surface area contributed by atoms with Gasteiger partial charge in [0.1, 0.15) is 5.75 Å². The summed E-state index contributed by atoms with van der Waals surface area (Å²) in [4.78, 5) is 12.0. The van der Waals surface area contributed by atoms with Gasteiger partial charge in [0.05, 0.1) is 11.7 Å². The molecule has 0 saturated carbocycles. The van der Waals surface area contributed by atoms with E-state index in [0.29, 0.717) is 24.5 Å². The molecule has 0 aliphatic heterocycles. The van der Waals surface area contributed by atoms with Crippen LogP contribution in [0.5, 0.6) is 5.75 Å². The van der Waals surface area contributed by atoms with E-state index in [1.807, 2.05) is 32.0 Å². The Bertz CT molecular complexity index is 377. The summed E-state index contributed by atoms with van der Waals surface area (Å²) in [5, 5.41) is 2.85. The monoisotopic (exact) mass is 251 g/mol. The highest BCUT2D eigenvalue weighted by Crippen LogP contribution is 2.19. The zero-order chi connectivity index (χ0) is 13.4. The first-order valence-corrected chi connectivity index (χ1v) is 6.18. The van der Waals surface area contributed by atoms with Crippen molar-refractivity contribution in [2.45, 2.75) is 26.4 Å². The number of nitrogens with one attached hydrogen (secondary N) is 1. The lowest BCUT2D eigenvalue weighted by Gasteiger charge is -2.13. The maximum absolute atomic E-state index is 12.0. The average molecular weight is 251 g/mol. The average Bonchev–Trinajstić information content (AvgIpc) is 2.34. The molecule has 18 heavy (non-hydrogen) atoms. The molecule has 4 nitrogen and oxygen atoms in total. The summed E-state index contributed by atoms with van der Waals surface area (Å²) in [5.74, 6) is 0.513. The van der Waals surface area contributed by atoms with Crippen molar-refractivity contribution >= 4 is 5.91 Å². The molecule has 1 amide bonds. The van der Waals surface area contributed by atoms with Gasteiger partial charge in [-0.3, -0.25) is 4.79 Å². The minimum absolute atomic E-state index is 0.0486. The van der Waals surface area contributed by atoms with Crippen LogP contribution < -0.4 is 10.1 Å². The lowest BCUT2D eigenvalue weighted by atomic mass is 10.2. The van der Waals surface area contributed by atoms with E-state index >= 15 is 0 Å². The van der Waals surface area contributed by atoms with Crippen molar-refractivity contribution in [3.8, 4) is 5.75 Å². The first-order valence-electron chi connectivity index (χ1n) is 6.18. The maximum Gasteiger partial charge on any atom is 0.255 e. The first-order chi connectivity index (χ1) is 8.65. The molecule has 0 saturated heterocycles. The molecule has 4 heteroatoms. The van der Waals surface area contributed by atoms with E-state index in [1.165, 1.54) is 0 Å². The molecule has 1 rings (SSSR count). The van der Waals surface area contributed by atoms with Gasteiger partial charge in [0.15, 0.2) is 0 Å². The van der Waals surface area contributed by atoms with Crippen molar-refractivity contribution in [3.05, 3.63) is 29.8 Å². The Balaban J connectivity index is 2.61. The third-order valence-corrected chi connectivity index (χ3v) is 2.31. The minimum Gasteiger partial charge on any atom is -0.490 e. The second-order valence-corrected chi connectivity index (χ2v) is 4.27. The van der Waals surface area contributed by atoms with Crippen LogP contribution in [0.3, 0.4) is 0 Å². The Morgan fingerprint density at radius 3 is 2.72 bits per heavy atom. The summed E-state index contributed by atoms with van der Waals surface area (Å²) < 4.78 is 10.5. The molecule has 0 heterocycles. The quantitative estimate of drug-likeness (QED) is 0.756. The highest BCUT2D eigenvalue weighted by molar-refractivity contribution is 5.96. The molecule has 0 radical (unpaired) electrons. The van der Waals surface area contributed by atoms with Crippen molar-refractivity contribution in [1.29, 1.82) is 0 Å². The topological polar surface area (TPSA) is 47.6 Å². The molecular weight excluding hydrogens is 230 g/mol. The second kappa shape index (κ2) is 7.71. The number of carbonyl (C=O) groups is 1. The third kappa shape index (κ3) is 4.75. The molecule has 0 aromatic heterocycles. The van der Waals surface area contributed by atoms with Crippen LogP contribution in [0.2, 0.25) is 0 Å². The summed E-state index contributed by atoms with van der Waals surface area (Å²) in [6.45, 7) is 5.12. The van der Waals surface area contributed by atoms with Crippen LogP contribution in [-0.4, -0.2) is 32.3 Å². The fourth-order valence-corrected chi connectivity index (χ4v) is 1.52. The number of rotatable bonds is 7. The molecule has 100 valence electrons. The van der Waals surface area contributed by atoms with E-state index in [9.17, 15) is 4.79 Å². The maximum atomic E-state index is 12.0. The molecule has 0 unspecified atom stereocenters. The Kier molecular flexibility index (Phi) is 6.22. The van der Waals surface area contributed by atoms with Crippen molar-refractivity contribution in [2.75, 3.05) is 20.3 Å². The number of hydrogen-bond donors (Lipinski definition) is 1. The molecule has 0 fully saturated rings. The Hall–Kier alpha value is -1.55. The molecular formula is C14H21NO3. The number of benzene rings is 1. The largest absolute Gasteiger partial charge is 0.490 e. The summed E-state index contributed by atoms with van der Waals surface area (Å²) >= 11 is 0. The normalized spacial score (nSPS) is 10.4. The predicted molar refractivity (Wildman–Crippen MR) is 71.0 cm³/mol. The fourth-order valence-electron chi connectivity index (χ4n) is 1.52. The van der Waals surface area contributed by atoms with Gasteiger partial charge in [0.2, 0.25) is 0 Å². The third-order valence-electron chi connectivity index (χ3n) is 2.31. The minimum atomic E-state index is -0.109. The van der Waals surface area contributed by atoms with Gasteiger partial charge in [-0.2, -0.15) is 0 Å². The van der Waals surface area contributed by atoms with Crippen LogP contribution in [0, 0.1) is 0 Å². The molecule has 0 aliphatic rings. The molecule has 1 N–H and O–H groups in total. The molecule has 0 spiro atoms. The van der Waals surface area contributed by atoms with E-state index in [2.05, 4.69) is 5.32 Å². The van der Waals surface area contributed by atoms with Crippen LogP contribution in [0.1, 0.15) is 30.6 Å². The van der Waals surface area contributed by atoms with Crippen LogP contribution in [-0.2, 0) is 4.74 Å². The molecule has 0 atom stereocenters. The smallest absolute Gasteiger partial charge is 0.255 e. The summed E-state index contributed by atoms with van der Waals surface area (Å²) in [5.41, 5.74) is 0.573. The summed E-state index contributed by atoms with van der Waals surface area (Å²) in [6.07, 6.45) is 0.850. The second-order valence-electron chi connectivity index (χ2n) is 4.27. The zero-order valence-electron chi connectivity index (χ0n) is 11.2. The molecule has 0 bridgehead atoms. The highest BCUT2D eigenvalue weighted by Gasteiger charge is 2.12. The Morgan fingerprint density at radius 2 is 2.06 bits per heavy atom. The molecule has 0 aliphatic carbocycles. The van der Waals surface area contributed by atoms with Gasteiger partial charge in [-0.1, -0.05) is 12.1 Å². The van der Waals surface area contributed by atoms with Gasteiger partial charge in [-0.15, -0.1) is 0 Å². The fraction of sp³-hybridized carbons (Fsp3) is 0.500. The Morgan fingerprint density at radius 1 is 1.33 bits per heavy atom. The SMILES string of the molecule is COCCCNC(=O)c1ccccc1OC(C)C. The number of methoxy groups -OCH3 is 1. The van der Waals surface area contributed by atoms with Crippen LogP contribution >= 0.6 is 0 Å². The molecule has 1 aromatic carbocycles. The van der Waals surface area contributed by atoms with E-state index < -0.39 is 0 Å². The van der Waals surface area contributed by atoms with Crippen LogP contribution in [0.15, 0.2) is 24.3 Å². The lowest BCUT2D eigenvalue weighted by molar-refractivity contribution is 0.0943. The van der Waals surface area contributed by atoms with E-state index in [4.69, 9.17) is 9.47 Å². The zero-order valence-corrected chi connectivity index (χ0v) is 11.2. The van der Waals surface area contributed by atoms with Gasteiger partial charge in [-0.05, 0) is 32.4 Å². The van der Waals surface area contributed by atoms with Gasteiger partial charge >= 0.3 is 0 Å². The van der Waals surface area contributed by atoms with E-state index in [0.717, 1.165) is 6.42 Å². The number of ether oxygens (including phenoxy) is 2. The van der Waals surface area contributed by atoms with Crippen molar-refractivity contribution < 1.29 is 14.3 Å². The number of para-hydroxylation sites is 1. The van der Waals surface area contributed by atoms with Gasteiger partial charge in [0.25, 0.3) is 5.91 Å².